The Hall–Kier alpha value is -1.59. The van der Waals surface area contributed by atoms with E-state index in [4.69, 9.17) is 14.2 Å². The van der Waals surface area contributed by atoms with Crippen molar-refractivity contribution in [2.75, 3.05) is 13.2 Å². The zero-order valence-electron chi connectivity index (χ0n) is 34.6. The summed E-state index contributed by atoms with van der Waals surface area (Å²) in [5.74, 6) is -0.00147. The van der Waals surface area contributed by atoms with E-state index in [-0.39, 0.29) is 31.1 Å². The minimum absolute atomic E-state index is 0.0649. The maximum atomic E-state index is 12.7. The first-order valence-electron chi connectivity index (χ1n) is 22.4. The molecule has 0 aliphatic carbocycles. The molecule has 302 valence electrons. The lowest BCUT2D eigenvalue weighted by atomic mass is 9.99. The molecule has 6 nitrogen and oxygen atoms in total. The van der Waals surface area contributed by atoms with Crippen LogP contribution in [0.4, 0.5) is 0 Å². The van der Waals surface area contributed by atoms with E-state index in [1.54, 1.807) is 0 Å². The molecule has 0 amide bonds. The van der Waals surface area contributed by atoms with Crippen LogP contribution in [0.25, 0.3) is 0 Å². The number of carbonyl (C=O) groups is 3. The molecule has 0 spiro atoms. The summed E-state index contributed by atoms with van der Waals surface area (Å²) in [5, 5.41) is 0. The van der Waals surface area contributed by atoms with Gasteiger partial charge in [0.1, 0.15) is 13.2 Å². The number of carbonyl (C=O) groups excluding carboxylic acids is 3. The van der Waals surface area contributed by atoms with E-state index in [1.165, 1.54) is 135 Å². The van der Waals surface area contributed by atoms with Crippen molar-refractivity contribution in [2.24, 2.45) is 5.92 Å². The standard InChI is InChI=1S/C45H86O6/c1-5-8-10-12-13-14-15-16-17-18-22-25-29-33-37-44(47)50-40-42(39-49-43(46)36-32-27-11-9-6-2)51-45(48)38-34-30-26-23-20-19-21-24-28-31-35-41(4)7-3/h41-42H,5-40H2,1-4H3/t41?,42-/m1/s1. The fourth-order valence-corrected chi connectivity index (χ4v) is 6.59. The highest BCUT2D eigenvalue weighted by Gasteiger charge is 2.19. The normalized spacial score (nSPS) is 12.5. The molecular weight excluding hydrogens is 636 g/mol. The molecule has 2 atom stereocenters. The minimum Gasteiger partial charge on any atom is -0.462 e. The molecule has 0 saturated carbocycles. The largest absolute Gasteiger partial charge is 0.462 e. The van der Waals surface area contributed by atoms with Crippen molar-refractivity contribution in [3.8, 4) is 0 Å². The number of hydrogen-bond acceptors (Lipinski definition) is 6. The molecule has 0 aromatic heterocycles. The van der Waals surface area contributed by atoms with Crippen LogP contribution in [0.5, 0.6) is 0 Å². The lowest BCUT2D eigenvalue weighted by Crippen LogP contribution is -2.30. The van der Waals surface area contributed by atoms with Gasteiger partial charge in [-0.05, 0) is 25.2 Å². The first kappa shape index (κ1) is 49.4. The number of hydrogen-bond donors (Lipinski definition) is 0. The van der Waals surface area contributed by atoms with E-state index >= 15 is 0 Å². The van der Waals surface area contributed by atoms with Gasteiger partial charge in [0, 0.05) is 19.3 Å². The number of ether oxygens (including phenoxy) is 3. The summed E-state index contributed by atoms with van der Waals surface area (Å²) in [4.78, 5) is 37.4. The van der Waals surface area contributed by atoms with Gasteiger partial charge in [-0.2, -0.15) is 0 Å². The lowest BCUT2D eigenvalue weighted by Gasteiger charge is -2.18. The molecule has 0 aliphatic rings. The van der Waals surface area contributed by atoms with Gasteiger partial charge in [0.25, 0.3) is 0 Å². The molecule has 0 aromatic rings. The minimum atomic E-state index is -0.757. The molecule has 6 heteroatoms. The summed E-state index contributed by atoms with van der Waals surface area (Å²) < 4.78 is 16.6. The molecule has 0 fully saturated rings. The third kappa shape index (κ3) is 38.0. The Kier molecular flexibility index (Phi) is 38.4. The second-order valence-electron chi connectivity index (χ2n) is 15.6. The molecule has 0 N–H and O–H groups in total. The van der Waals surface area contributed by atoms with Gasteiger partial charge in [0.15, 0.2) is 6.10 Å². The molecule has 0 aromatic carbocycles. The van der Waals surface area contributed by atoms with Crippen molar-refractivity contribution in [2.45, 2.75) is 252 Å². The molecule has 0 radical (unpaired) electrons. The van der Waals surface area contributed by atoms with Crippen LogP contribution in [0.3, 0.4) is 0 Å². The second kappa shape index (κ2) is 39.6. The smallest absolute Gasteiger partial charge is 0.306 e. The van der Waals surface area contributed by atoms with Crippen molar-refractivity contribution >= 4 is 17.9 Å². The highest BCUT2D eigenvalue weighted by molar-refractivity contribution is 5.71. The molecule has 1 unspecified atom stereocenters. The Morgan fingerprint density at radius 1 is 0.392 bits per heavy atom. The van der Waals surface area contributed by atoms with E-state index in [0.29, 0.717) is 19.3 Å². The van der Waals surface area contributed by atoms with Crippen LogP contribution >= 0.6 is 0 Å². The Morgan fingerprint density at radius 3 is 1.02 bits per heavy atom. The molecule has 0 heterocycles. The van der Waals surface area contributed by atoms with Crippen molar-refractivity contribution in [3.05, 3.63) is 0 Å². The quantitative estimate of drug-likeness (QED) is 0.0356. The number of unbranched alkanes of at least 4 members (excludes halogenated alkanes) is 26. The van der Waals surface area contributed by atoms with Gasteiger partial charge < -0.3 is 14.2 Å². The van der Waals surface area contributed by atoms with Gasteiger partial charge in [-0.15, -0.1) is 0 Å². The Balaban J connectivity index is 4.20. The highest BCUT2D eigenvalue weighted by atomic mass is 16.6. The summed E-state index contributed by atoms with van der Waals surface area (Å²) in [6.45, 7) is 8.94. The van der Waals surface area contributed by atoms with E-state index in [2.05, 4.69) is 27.7 Å². The third-order valence-electron chi connectivity index (χ3n) is 10.4. The zero-order chi connectivity index (χ0) is 37.5. The van der Waals surface area contributed by atoms with Crippen LogP contribution in [-0.4, -0.2) is 37.2 Å². The maximum Gasteiger partial charge on any atom is 0.306 e. The van der Waals surface area contributed by atoms with Crippen molar-refractivity contribution < 1.29 is 28.6 Å². The SMILES string of the molecule is CCCCCCCCCCCCCCCCC(=O)OC[C@@H](COC(=O)CCCCCCC)OC(=O)CCCCCCCCCCCCC(C)CC. The van der Waals surface area contributed by atoms with Crippen LogP contribution in [0.1, 0.15) is 246 Å². The Bertz CT molecular complexity index is 768. The summed E-state index contributed by atoms with van der Waals surface area (Å²) in [6.07, 6.45) is 38.2. The predicted molar refractivity (Wildman–Crippen MR) is 215 cm³/mol. The van der Waals surface area contributed by atoms with E-state index in [0.717, 1.165) is 70.1 Å². The van der Waals surface area contributed by atoms with Gasteiger partial charge in [-0.1, -0.05) is 207 Å². The van der Waals surface area contributed by atoms with E-state index in [1.807, 2.05) is 0 Å². The van der Waals surface area contributed by atoms with Crippen LogP contribution in [0.2, 0.25) is 0 Å². The fourth-order valence-electron chi connectivity index (χ4n) is 6.59. The molecule has 0 rings (SSSR count). The van der Waals surface area contributed by atoms with E-state index < -0.39 is 6.10 Å². The average molecular weight is 723 g/mol. The first-order chi connectivity index (χ1) is 24.9. The van der Waals surface area contributed by atoms with Crippen LogP contribution in [0, 0.1) is 5.92 Å². The molecule has 51 heavy (non-hydrogen) atoms. The van der Waals surface area contributed by atoms with Crippen molar-refractivity contribution in [3.63, 3.8) is 0 Å². The Morgan fingerprint density at radius 2 is 0.686 bits per heavy atom. The number of esters is 3. The summed E-state index contributed by atoms with van der Waals surface area (Å²) >= 11 is 0. The van der Waals surface area contributed by atoms with Crippen molar-refractivity contribution in [1.29, 1.82) is 0 Å². The van der Waals surface area contributed by atoms with E-state index in [9.17, 15) is 14.4 Å². The molecule has 0 saturated heterocycles. The van der Waals surface area contributed by atoms with Gasteiger partial charge in [-0.3, -0.25) is 14.4 Å². The van der Waals surface area contributed by atoms with Crippen molar-refractivity contribution in [1.82, 2.24) is 0 Å². The second-order valence-corrected chi connectivity index (χ2v) is 15.6. The average Bonchev–Trinajstić information content (AvgIpc) is 3.13. The van der Waals surface area contributed by atoms with Gasteiger partial charge in [0.2, 0.25) is 0 Å². The third-order valence-corrected chi connectivity index (χ3v) is 10.4. The Labute approximate surface area is 317 Å². The van der Waals surface area contributed by atoms with Crippen LogP contribution < -0.4 is 0 Å². The summed E-state index contributed by atoms with van der Waals surface area (Å²) in [7, 11) is 0. The van der Waals surface area contributed by atoms with Gasteiger partial charge >= 0.3 is 17.9 Å². The summed E-state index contributed by atoms with van der Waals surface area (Å²) in [5.41, 5.74) is 0. The lowest BCUT2D eigenvalue weighted by molar-refractivity contribution is -0.167. The molecular formula is C45H86O6. The molecule has 0 bridgehead atoms. The van der Waals surface area contributed by atoms with Crippen LogP contribution in [0.15, 0.2) is 0 Å². The zero-order valence-corrected chi connectivity index (χ0v) is 34.6. The fraction of sp³-hybridized carbons (Fsp3) is 0.933. The number of rotatable bonds is 40. The first-order valence-corrected chi connectivity index (χ1v) is 22.4. The summed E-state index contributed by atoms with van der Waals surface area (Å²) in [6, 6.07) is 0. The van der Waals surface area contributed by atoms with Gasteiger partial charge in [0.05, 0.1) is 0 Å². The maximum absolute atomic E-state index is 12.7. The monoisotopic (exact) mass is 723 g/mol. The van der Waals surface area contributed by atoms with Crippen LogP contribution in [-0.2, 0) is 28.6 Å². The molecule has 0 aliphatic heterocycles. The topological polar surface area (TPSA) is 78.9 Å². The predicted octanol–water partition coefficient (Wildman–Crippen LogP) is 13.9. The van der Waals surface area contributed by atoms with Gasteiger partial charge in [-0.25, -0.2) is 0 Å². The highest BCUT2D eigenvalue weighted by Crippen LogP contribution is 2.17.